The lowest BCUT2D eigenvalue weighted by Crippen LogP contribution is -2.29. The molecule has 0 saturated carbocycles. The number of sulfone groups is 1. The van der Waals surface area contributed by atoms with Gasteiger partial charge in [-0.1, -0.05) is 0 Å². The standard InChI is InChI=1S/C12H15FO4S/c13-10-1-3-11(4-2-10)18(15,16)8-12(14)9-5-6-17-7-9/h1-4,9,12,14H,5-8H2. The van der Waals surface area contributed by atoms with Crippen molar-refractivity contribution in [2.24, 2.45) is 5.92 Å². The molecule has 2 rings (SSSR count). The first-order valence-corrected chi connectivity index (χ1v) is 7.38. The number of hydrogen-bond acceptors (Lipinski definition) is 4. The highest BCUT2D eigenvalue weighted by Crippen LogP contribution is 2.20. The first kappa shape index (κ1) is 13.5. The van der Waals surface area contributed by atoms with Gasteiger partial charge in [0.1, 0.15) is 5.82 Å². The van der Waals surface area contributed by atoms with E-state index in [4.69, 9.17) is 4.74 Å². The van der Waals surface area contributed by atoms with E-state index in [-0.39, 0.29) is 16.6 Å². The van der Waals surface area contributed by atoms with E-state index in [1.165, 1.54) is 12.1 Å². The average Bonchev–Trinajstić information content (AvgIpc) is 2.82. The Balaban J connectivity index is 2.09. The van der Waals surface area contributed by atoms with Crippen LogP contribution in [-0.4, -0.2) is 38.6 Å². The summed E-state index contributed by atoms with van der Waals surface area (Å²) in [4.78, 5) is 0.0295. The Kier molecular flexibility index (Phi) is 3.99. The van der Waals surface area contributed by atoms with E-state index in [2.05, 4.69) is 0 Å². The van der Waals surface area contributed by atoms with E-state index in [0.29, 0.717) is 19.6 Å². The third kappa shape index (κ3) is 3.07. The molecule has 2 unspecified atom stereocenters. The lowest BCUT2D eigenvalue weighted by Gasteiger charge is -2.16. The van der Waals surface area contributed by atoms with Crippen LogP contribution in [0.2, 0.25) is 0 Å². The molecule has 18 heavy (non-hydrogen) atoms. The molecule has 6 heteroatoms. The predicted molar refractivity (Wildman–Crippen MR) is 63.4 cm³/mol. The van der Waals surface area contributed by atoms with Crippen molar-refractivity contribution < 1.29 is 22.7 Å². The van der Waals surface area contributed by atoms with Crippen LogP contribution in [0, 0.1) is 11.7 Å². The molecular weight excluding hydrogens is 259 g/mol. The fourth-order valence-electron chi connectivity index (χ4n) is 1.96. The molecule has 2 atom stereocenters. The molecule has 1 aromatic rings. The Morgan fingerprint density at radius 2 is 2.06 bits per heavy atom. The van der Waals surface area contributed by atoms with Gasteiger partial charge in [-0.3, -0.25) is 0 Å². The number of rotatable bonds is 4. The van der Waals surface area contributed by atoms with Gasteiger partial charge in [-0.2, -0.15) is 0 Å². The maximum atomic E-state index is 12.7. The minimum atomic E-state index is -3.59. The molecule has 0 spiro atoms. The van der Waals surface area contributed by atoms with Gasteiger partial charge < -0.3 is 9.84 Å². The van der Waals surface area contributed by atoms with Crippen LogP contribution >= 0.6 is 0 Å². The predicted octanol–water partition coefficient (Wildman–Crippen LogP) is 0.997. The molecule has 0 radical (unpaired) electrons. The molecule has 1 N–H and O–H groups in total. The zero-order valence-electron chi connectivity index (χ0n) is 9.75. The minimum absolute atomic E-state index is 0.0295. The van der Waals surface area contributed by atoms with Crippen LogP contribution in [0.3, 0.4) is 0 Å². The summed E-state index contributed by atoms with van der Waals surface area (Å²) in [6.45, 7) is 0.943. The summed E-state index contributed by atoms with van der Waals surface area (Å²) < 4.78 is 41.8. The number of hydrogen-bond donors (Lipinski definition) is 1. The average molecular weight is 274 g/mol. The van der Waals surface area contributed by atoms with Gasteiger partial charge >= 0.3 is 0 Å². The number of aliphatic hydroxyl groups is 1. The summed E-state index contributed by atoms with van der Waals surface area (Å²) in [6.07, 6.45) is -0.275. The van der Waals surface area contributed by atoms with E-state index in [1.807, 2.05) is 0 Å². The first-order chi connectivity index (χ1) is 8.49. The third-order valence-electron chi connectivity index (χ3n) is 3.07. The maximum absolute atomic E-state index is 12.7. The van der Waals surface area contributed by atoms with Crippen LogP contribution in [0.5, 0.6) is 0 Å². The summed E-state index contributed by atoms with van der Waals surface area (Å²) in [6, 6.07) is 4.61. The zero-order valence-corrected chi connectivity index (χ0v) is 10.6. The van der Waals surface area contributed by atoms with E-state index < -0.39 is 21.8 Å². The topological polar surface area (TPSA) is 63.6 Å². The van der Waals surface area contributed by atoms with Crippen molar-refractivity contribution in [3.8, 4) is 0 Å². The molecule has 1 heterocycles. The molecular formula is C12H15FO4S. The second-order valence-electron chi connectivity index (χ2n) is 4.43. The van der Waals surface area contributed by atoms with Crippen molar-refractivity contribution in [1.82, 2.24) is 0 Å². The van der Waals surface area contributed by atoms with Gasteiger partial charge in [0.05, 0.1) is 23.4 Å². The van der Waals surface area contributed by atoms with Crippen molar-refractivity contribution in [1.29, 1.82) is 0 Å². The van der Waals surface area contributed by atoms with E-state index in [9.17, 15) is 17.9 Å². The molecule has 1 fully saturated rings. The van der Waals surface area contributed by atoms with Crippen LogP contribution in [-0.2, 0) is 14.6 Å². The molecule has 0 amide bonds. The van der Waals surface area contributed by atoms with Gasteiger partial charge in [-0.15, -0.1) is 0 Å². The Bertz CT molecular complexity index is 491. The smallest absolute Gasteiger partial charge is 0.180 e. The largest absolute Gasteiger partial charge is 0.392 e. The molecule has 0 aliphatic carbocycles. The van der Waals surface area contributed by atoms with Gasteiger partial charge in [0, 0.05) is 12.5 Å². The van der Waals surface area contributed by atoms with Crippen molar-refractivity contribution in [3.63, 3.8) is 0 Å². The van der Waals surface area contributed by atoms with Crippen LogP contribution in [0.4, 0.5) is 4.39 Å². The SMILES string of the molecule is O=S(=O)(CC(O)C1CCOC1)c1ccc(F)cc1. The number of ether oxygens (including phenoxy) is 1. The zero-order chi connectivity index (χ0) is 13.2. The molecule has 1 aliphatic heterocycles. The summed E-state index contributed by atoms with van der Waals surface area (Å²) >= 11 is 0. The quantitative estimate of drug-likeness (QED) is 0.832. The summed E-state index contributed by atoms with van der Waals surface area (Å²) in [7, 11) is -3.59. The lowest BCUT2D eigenvalue weighted by atomic mass is 10.0. The molecule has 1 saturated heterocycles. The molecule has 0 aromatic heterocycles. The second kappa shape index (κ2) is 5.34. The fourth-order valence-corrected chi connectivity index (χ4v) is 3.42. The van der Waals surface area contributed by atoms with Crippen LogP contribution in [0.1, 0.15) is 6.42 Å². The normalized spacial score (nSPS) is 22.0. The molecule has 100 valence electrons. The molecule has 1 aromatic carbocycles. The van der Waals surface area contributed by atoms with Crippen LogP contribution in [0.25, 0.3) is 0 Å². The van der Waals surface area contributed by atoms with Crippen molar-refractivity contribution >= 4 is 9.84 Å². The number of aliphatic hydroxyl groups excluding tert-OH is 1. The highest BCUT2D eigenvalue weighted by molar-refractivity contribution is 7.91. The first-order valence-electron chi connectivity index (χ1n) is 5.73. The Labute approximate surface area is 105 Å². The van der Waals surface area contributed by atoms with Crippen molar-refractivity contribution in [3.05, 3.63) is 30.1 Å². The van der Waals surface area contributed by atoms with E-state index in [1.54, 1.807) is 0 Å². The second-order valence-corrected chi connectivity index (χ2v) is 6.46. The van der Waals surface area contributed by atoms with E-state index in [0.717, 1.165) is 12.1 Å². The Morgan fingerprint density at radius 3 is 2.61 bits per heavy atom. The fraction of sp³-hybridized carbons (Fsp3) is 0.500. The minimum Gasteiger partial charge on any atom is -0.392 e. The van der Waals surface area contributed by atoms with E-state index >= 15 is 0 Å². The molecule has 1 aliphatic rings. The van der Waals surface area contributed by atoms with Crippen molar-refractivity contribution in [2.45, 2.75) is 17.4 Å². The monoisotopic (exact) mass is 274 g/mol. The maximum Gasteiger partial charge on any atom is 0.180 e. The summed E-state index contributed by atoms with van der Waals surface area (Å²) in [5.74, 6) is -0.981. The summed E-state index contributed by atoms with van der Waals surface area (Å²) in [5.41, 5.74) is 0. The third-order valence-corrected chi connectivity index (χ3v) is 4.84. The van der Waals surface area contributed by atoms with Gasteiger partial charge in [-0.05, 0) is 30.7 Å². The number of halogens is 1. The highest BCUT2D eigenvalue weighted by Gasteiger charge is 2.29. The Morgan fingerprint density at radius 1 is 1.39 bits per heavy atom. The van der Waals surface area contributed by atoms with Gasteiger partial charge in [0.2, 0.25) is 0 Å². The van der Waals surface area contributed by atoms with Gasteiger partial charge in [0.15, 0.2) is 9.84 Å². The molecule has 0 bridgehead atoms. The molecule has 4 nitrogen and oxygen atoms in total. The van der Waals surface area contributed by atoms with Gasteiger partial charge in [-0.25, -0.2) is 12.8 Å². The summed E-state index contributed by atoms with van der Waals surface area (Å²) in [5, 5.41) is 9.87. The lowest BCUT2D eigenvalue weighted by molar-refractivity contribution is 0.108. The Hall–Kier alpha value is -0.980. The number of benzene rings is 1. The van der Waals surface area contributed by atoms with Crippen LogP contribution < -0.4 is 0 Å². The van der Waals surface area contributed by atoms with Gasteiger partial charge in [0.25, 0.3) is 0 Å². The van der Waals surface area contributed by atoms with Crippen LogP contribution in [0.15, 0.2) is 29.2 Å². The highest BCUT2D eigenvalue weighted by atomic mass is 32.2. The van der Waals surface area contributed by atoms with Crippen molar-refractivity contribution in [2.75, 3.05) is 19.0 Å².